The Kier molecular flexibility index (Phi) is 2.29. The molecule has 0 saturated heterocycles. The number of rotatable bonds is 1. The molecule has 5 nitrogen and oxygen atoms in total. The van der Waals surface area contributed by atoms with Crippen LogP contribution in [0.2, 0.25) is 0 Å². The fourth-order valence-electron chi connectivity index (χ4n) is 1.97. The van der Waals surface area contributed by atoms with Gasteiger partial charge in [-0.2, -0.15) is 0 Å². The van der Waals surface area contributed by atoms with Crippen molar-refractivity contribution in [2.45, 2.75) is 13.1 Å². The Hall–Kier alpha value is -1.95. The van der Waals surface area contributed by atoms with Crippen LogP contribution in [0.5, 0.6) is 0 Å². The van der Waals surface area contributed by atoms with Gasteiger partial charge in [-0.05, 0) is 22.7 Å². The third-order valence-corrected chi connectivity index (χ3v) is 3.57. The van der Waals surface area contributed by atoms with E-state index in [1.54, 1.807) is 4.90 Å². The Morgan fingerprint density at radius 2 is 1.94 bits per heavy atom. The first-order valence-electron chi connectivity index (χ1n) is 5.19. The summed E-state index contributed by atoms with van der Waals surface area (Å²) >= 11 is 1.05. The van der Waals surface area contributed by atoms with Crippen molar-refractivity contribution in [3.63, 3.8) is 0 Å². The van der Waals surface area contributed by atoms with Crippen LogP contribution in [0.15, 0.2) is 24.3 Å². The van der Waals surface area contributed by atoms with Crippen LogP contribution in [0.3, 0.4) is 0 Å². The normalized spacial score (nSPS) is 13.8. The van der Waals surface area contributed by atoms with Gasteiger partial charge in [0.15, 0.2) is 10.7 Å². The average molecular weight is 246 g/mol. The average Bonchev–Trinajstić information content (AvgIpc) is 2.93. The van der Waals surface area contributed by atoms with Crippen LogP contribution in [0, 0.1) is 0 Å². The summed E-state index contributed by atoms with van der Waals surface area (Å²) in [5, 5.41) is 3.66. The highest BCUT2D eigenvalue weighted by atomic mass is 32.1. The highest BCUT2D eigenvalue weighted by molar-refractivity contribution is 7.08. The van der Waals surface area contributed by atoms with Crippen molar-refractivity contribution in [3.8, 4) is 0 Å². The van der Waals surface area contributed by atoms with E-state index in [2.05, 4.69) is 9.59 Å². The Morgan fingerprint density at radius 3 is 2.47 bits per heavy atom. The van der Waals surface area contributed by atoms with Crippen LogP contribution in [0.1, 0.15) is 20.8 Å². The summed E-state index contributed by atoms with van der Waals surface area (Å²) in [5.74, 6) is 0.129. The predicted octanol–water partition coefficient (Wildman–Crippen LogP) is 1.28. The quantitative estimate of drug-likeness (QED) is 0.822. The molecule has 2 heterocycles. The smallest absolute Gasteiger partial charge is 0.270 e. The molecule has 17 heavy (non-hydrogen) atoms. The zero-order valence-corrected chi connectivity index (χ0v) is 9.78. The van der Waals surface area contributed by atoms with Crippen molar-refractivity contribution < 1.29 is 4.79 Å². The Morgan fingerprint density at radius 1 is 1.29 bits per heavy atom. The molecule has 0 aliphatic carbocycles. The maximum absolute atomic E-state index is 12.2. The number of nitrogens with zero attached hydrogens (tertiary/aromatic N) is 3. The number of hydrogen-bond donors (Lipinski definition) is 1. The van der Waals surface area contributed by atoms with E-state index >= 15 is 0 Å². The summed E-state index contributed by atoms with van der Waals surface area (Å²) in [6.07, 6.45) is 0. The van der Waals surface area contributed by atoms with Crippen LogP contribution in [0.25, 0.3) is 0 Å². The number of nitrogens with two attached hydrogens (primary N) is 1. The van der Waals surface area contributed by atoms with E-state index in [1.807, 2.05) is 24.3 Å². The maximum Gasteiger partial charge on any atom is 0.270 e. The lowest BCUT2D eigenvalue weighted by molar-refractivity contribution is 0.0757. The van der Waals surface area contributed by atoms with Crippen molar-refractivity contribution in [1.82, 2.24) is 14.5 Å². The first-order chi connectivity index (χ1) is 8.25. The van der Waals surface area contributed by atoms with Gasteiger partial charge in [0, 0.05) is 13.1 Å². The van der Waals surface area contributed by atoms with Crippen molar-refractivity contribution in [3.05, 3.63) is 40.3 Å². The number of nitrogen functional groups attached to an aromatic ring is 1. The summed E-state index contributed by atoms with van der Waals surface area (Å²) in [4.78, 5) is 14.4. The van der Waals surface area contributed by atoms with E-state index in [9.17, 15) is 4.79 Å². The second-order valence-corrected chi connectivity index (χ2v) is 4.67. The summed E-state index contributed by atoms with van der Waals surface area (Å²) in [6, 6.07) is 8.04. The summed E-state index contributed by atoms with van der Waals surface area (Å²) in [7, 11) is 0. The molecule has 0 spiro atoms. The first-order valence-corrected chi connectivity index (χ1v) is 5.97. The number of fused-ring (bicyclic) bond motifs is 1. The summed E-state index contributed by atoms with van der Waals surface area (Å²) < 4.78 is 3.68. The Balaban J connectivity index is 1.86. The third-order valence-electron chi connectivity index (χ3n) is 2.84. The number of amides is 1. The first kappa shape index (κ1) is 10.2. The van der Waals surface area contributed by atoms with Gasteiger partial charge < -0.3 is 10.6 Å². The zero-order valence-electron chi connectivity index (χ0n) is 8.96. The molecule has 2 N–H and O–H groups in total. The molecule has 0 radical (unpaired) electrons. The second-order valence-electron chi connectivity index (χ2n) is 3.92. The van der Waals surface area contributed by atoms with Gasteiger partial charge in [-0.1, -0.05) is 28.8 Å². The van der Waals surface area contributed by atoms with E-state index in [0.29, 0.717) is 18.0 Å². The molecule has 6 heteroatoms. The van der Waals surface area contributed by atoms with Gasteiger partial charge in [-0.25, -0.2) is 0 Å². The highest BCUT2D eigenvalue weighted by Crippen LogP contribution is 2.25. The lowest BCUT2D eigenvalue weighted by Crippen LogP contribution is -2.25. The molecular weight excluding hydrogens is 236 g/mol. The van der Waals surface area contributed by atoms with E-state index in [-0.39, 0.29) is 11.7 Å². The van der Waals surface area contributed by atoms with Gasteiger partial charge in [0.25, 0.3) is 5.91 Å². The SMILES string of the molecule is Nc1nnsc1C(=O)N1Cc2ccccc2C1. The molecule has 3 rings (SSSR count). The largest absolute Gasteiger partial charge is 0.381 e. The minimum atomic E-state index is -0.0892. The fourth-order valence-corrected chi connectivity index (χ4v) is 2.52. The van der Waals surface area contributed by atoms with Gasteiger partial charge >= 0.3 is 0 Å². The number of carbonyl (C=O) groups excluding carboxylic acids is 1. The number of aromatic nitrogens is 2. The molecule has 1 aromatic carbocycles. The van der Waals surface area contributed by atoms with E-state index in [1.165, 1.54) is 11.1 Å². The van der Waals surface area contributed by atoms with Gasteiger partial charge in [0.2, 0.25) is 0 Å². The number of carbonyl (C=O) groups is 1. The molecule has 0 atom stereocenters. The fraction of sp³-hybridized carbons (Fsp3) is 0.182. The Labute approximate surface area is 102 Å². The molecule has 2 aromatic rings. The van der Waals surface area contributed by atoms with Crippen LogP contribution >= 0.6 is 11.5 Å². The standard InChI is InChI=1S/C11H10N4OS/c12-10-9(17-14-13-10)11(16)15-5-7-3-1-2-4-8(7)6-15/h1-4H,5-6,12H2. The molecule has 1 aliphatic rings. The predicted molar refractivity (Wildman–Crippen MR) is 64.3 cm³/mol. The molecular formula is C11H10N4OS. The molecule has 1 aliphatic heterocycles. The van der Waals surface area contributed by atoms with Gasteiger partial charge in [0.1, 0.15) is 0 Å². The minimum absolute atomic E-state index is 0.0892. The molecule has 0 saturated carbocycles. The molecule has 0 fully saturated rings. The van der Waals surface area contributed by atoms with Crippen molar-refractivity contribution >= 4 is 23.3 Å². The lowest BCUT2D eigenvalue weighted by Gasteiger charge is -2.13. The van der Waals surface area contributed by atoms with E-state index in [4.69, 9.17) is 5.73 Å². The van der Waals surface area contributed by atoms with Crippen molar-refractivity contribution in [2.75, 3.05) is 5.73 Å². The van der Waals surface area contributed by atoms with Gasteiger partial charge in [-0.15, -0.1) is 5.10 Å². The highest BCUT2D eigenvalue weighted by Gasteiger charge is 2.26. The minimum Gasteiger partial charge on any atom is -0.381 e. The molecule has 86 valence electrons. The maximum atomic E-state index is 12.2. The molecule has 0 bridgehead atoms. The topological polar surface area (TPSA) is 72.1 Å². The van der Waals surface area contributed by atoms with Crippen LogP contribution in [-0.2, 0) is 13.1 Å². The summed E-state index contributed by atoms with van der Waals surface area (Å²) in [5.41, 5.74) is 7.99. The third kappa shape index (κ3) is 1.66. The van der Waals surface area contributed by atoms with Crippen LogP contribution in [0.4, 0.5) is 5.82 Å². The van der Waals surface area contributed by atoms with E-state index in [0.717, 1.165) is 11.5 Å². The molecule has 1 aromatic heterocycles. The van der Waals surface area contributed by atoms with Gasteiger partial charge in [0.05, 0.1) is 0 Å². The number of benzene rings is 1. The number of hydrogen-bond acceptors (Lipinski definition) is 5. The number of anilines is 1. The Bertz CT molecular complexity index is 555. The zero-order chi connectivity index (χ0) is 11.8. The monoisotopic (exact) mass is 246 g/mol. The van der Waals surface area contributed by atoms with Crippen LogP contribution in [-0.4, -0.2) is 20.4 Å². The van der Waals surface area contributed by atoms with Crippen molar-refractivity contribution in [1.29, 1.82) is 0 Å². The van der Waals surface area contributed by atoms with Gasteiger partial charge in [-0.3, -0.25) is 4.79 Å². The summed E-state index contributed by atoms with van der Waals surface area (Å²) in [6.45, 7) is 1.26. The van der Waals surface area contributed by atoms with E-state index < -0.39 is 0 Å². The van der Waals surface area contributed by atoms with Crippen molar-refractivity contribution in [2.24, 2.45) is 0 Å². The molecule has 1 amide bonds. The molecule has 0 unspecified atom stereocenters. The van der Waals surface area contributed by atoms with Crippen LogP contribution < -0.4 is 5.73 Å². The second kappa shape index (κ2) is 3.81. The lowest BCUT2D eigenvalue weighted by atomic mass is 10.1.